The number of nitrogens with two attached hydrogens (primary N) is 1. The van der Waals surface area contributed by atoms with E-state index in [1.54, 1.807) is 12.1 Å². The van der Waals surface area contributed by atoms with Crippen LogP contribution in [0.5, 0.6) is 0 Å². The number of hydrogen-bond acceptors (Lipinski definition) is 9. The van der Waals surface area contributed by atoms with Crippen LogP contribution in [0, 0.1) is 16.7 Å². The number of carbonyl (C=O) groups excluding carboxylic acids is 2. The third kappa shape index (κ3) is 8.02. The van der Waals surface area contributed by atoms with Gasteiger partial charge in [-0.2, -0.15) is 5.26 Å². The van der Waals surface area contributed by atoms with E-state index in [1.165, 1.54) is 0 Å². The normalized spacial score (nSPS) is 16.5. The average Bonchev–Trinajstić information content (AvgIpc) is 3.52. The number of nitrogens with zero attached hydrogens (tertiary/aromatic N) is 4. The SMILES string of the molecule is C=C(CNCCC1(C(=N)N=NN)c2ccc(C(=O)NCCNC)cc2CCc2cc(C(=O)NCCNC)ccc21)N1CCCC1C#N. The van der Waals surface area contributed by atoms with Crippen molar-refractivity contribution in [3.63, 3.8) is 0 Å². The molecule has 2 amide bonds. The zero-order chi connectivity index (χ0) is 33.8. The Balaban J connectivity index is 1.73. The van der Waals surface area contributed by atoms with Gasteiger partial charge in [-0.05, 0) is 99.3 Å². The first-order valence-corrected chi connectivity index (χ1v) is 16.2. The van der Waals surface area contributed by atoms with Crippen LogP contribution in [0.4, 0.5) is 0 Å². The third-order valence-electron chi connectivity index (χ3n) is 9.02. The lowest BCUT2D eigenvalue weighted by molar-refractivity contribution is 0.0946. The number of carbonyl (C=O) groups is 2. The van der Waals surface area contributed by atoms with Crippen molar-refractivity contribution in [1.29, 1.82) is 10.7 Å². The van der Waals surface area contributed by atoms with E-state index in [4.69, 9.17) is 5.84 Å². The highest BCUT2D eigenvalue weighted by atomic mass is 16.2. The Morgan fingerprint density at radius 3 is 2.09 bits per heavy atom. The smallest absolute Gasteiger partial charge is 0.251 e. The first kappa shape index (κ1) is 35.2. The summed E-state index contributed by atoms with van der Waals surface area (Å²) in [6, 6.07) is 13.4. The van der Waals surface area contributed by atoms with Gasteiger partial charge in [-0.15, -0.1) is 5.11 Å². The van der Waals surface area contributed by atoms with E-state index >= 15 is 0 Å². The Labute approximate surface area is 276 Å². The van der Waals surface area contributed by atoms with Crippen LogP contribution in [0.1, 0.15) is 62.2 Å². The van der Waals surface area contributed by atoms with Crippen molar-refractivity contribution < 1.29 is 9.59 Å². The summed E-state index contributed by atoms with van der Waals surface area (Å²) in [7, 11) is 3.66. The Bertz CT molecular complexity index is 1460. The molecule has 1 unspecified atom stereocenters. The lowest BCUT2D eigenvalue weighted by atomic mass is 9.68. The van der Waals surface area contributed by atoms with Crippen LogP contribution in [0.15, 0.2) is 59.0 Å². The molecule has 0 aromatic heterocycles. The van der Waals surface area contributed by atoms with Gasteiger partial charge in [0, 0.05) is 56.1 Å². The first-order chi connectivity index (χ1) is 22.8. The molecule has 1 saturated heterocycles. The number of nitriles is 1. The summed E-state index contributed by atoms with van der Waals surface area (Å²) in [4.78, 5) is 28.1. The van der Waals surface area contributed by atoms with Crippen LogP contribution in [0.25, 0.3) is 0 Å². The molecule has 2 aliphatic rings. The number of hydrogen-bond donors (Lipinski definition) is 7. The molecular formula is C34H47N11O2. The summed E-state index contributed by atoms with van der Waals surface area (Å²) in [6.45, 7) is 8.28. The van der Waals surface area contributed by atoms with Crippen LogP contribution < -0.4 is 32.4 Å². The number of nitrogens with one attached hydrogen (secondary N) is 6. The van der Waals surface area contributed by atoms with E-state index in [9.17, 15) is 20.3 Å². The quantitative estimate of drug-likeness (QED) is 0.0381. The molecule has 250 valence electrons. The van der Waals surface area contributed by atoms with Crippen molar-refractivity contribution in [2.75, 3.05) is 59.9 Å². The van der Waals surface area contributed by atoms with Crippen molar-refractivity contribution in [3.05, 3.63) is 82.1 Å². The van der Waals surface area contributed by atoms with Gasteiger partial charge in [0.25, 0.3) is 11.8 Å². The number of likely N-dealkylation sites (tertiary alicyclic amines) is 1. The summed E-state index contributed by atoms with van der Waals surface area (Å²) < 4.78 is 0. The molecule has 0 bridgehead atoms. The highest BCUT2D eigenvalue weighted by Crippen LogP contribution is 2.44. The molecule has 1 aliphatic carbocycles. The molecule has 4 rings (SSSR count). The minimum atomic E-state index is -1.08. The van der Waals surface area contributed by atoms with Crippen LogP contribution >= 0.6 is 0 Å². The number of benzene rings is 2. The number of rotatable bonds is 15. The third-order valence-corrected chi connectivity index (χ3v) is 9.02. The van der Waals surface area contributed by atoms with Gasteiger partial charge in [-0.25, -0.2) is 0 Å². The van der Waals surface area contributed by atoms with Gasteiger partial charge in [-0.3, -0.25) is 15.0 Å². The highest BCUT2D eigenvalue weighted by Gasteiger charge is 2.44. The summed E-state index contributed by atoms with van der Waals surface area (Å²) in [5, 5.41) is 41.9. The van der Waals surface area contributed by atoms with Gasteiger partial charge in [-0.1, -0.05) is 23.9 Å². The average molecular weight is 642 g/mol. The molecule has 1 fully saturated rings. The second-order valence-electron chi connectivity index (χ2n) is 11.9. The number of amides is 2. The van der Waals surface area contributed by atoms with Crippen molar-refractivity contribution in [1.82, 2.24) is 31.5 Å². The molecule has 0 spiro atoms. The molecule has 47 heavy (non-hydrogen) atoms. The zero-order valence-corrected chi connectivity index (χ0v) is 27.4. The fourth-order valence-electron chi connectivity index (χ4n) is 6.61. The molecule has 8 N–H and O–H groups in total. The van der Waals surface area contributed by atoms with Gasteiger partial charge < -0.3 is 37.3 Å². The van der Waals surface area contributed by atoms with Gasteiger partial charge in [0.2, 0.25) is 0 Å². The monoisotopic (exact) mass is 641 g/mol. The van der Waals surface area contributed by atoms with Gasteiger partial charge >= 0.3 is 0 Å². The molecule has 2 aromatic rings. The predicted octanol–water partition coefficient (Wildman–Crippen LogP) is 1.75. The van der Waals surface area contributed by atoms with E-state index in [1.807, 2.05) is 38.4 Å². The largest absolute Gasteiger partial charge is 0.358 e. The Kier molecular flexibility index (Phi) is 12.6. The molecular weight excluding hydrogens is 594 g/mol. The fraction of sp³-hybridized carbons (Fsp3) is 0.471. The molecule has 13 nitrogen and oxygen atoms in total. The fourth-order valence-corrected chi connectivity index (χ4v) is 6.61. The van der Waals surface area contributed by atoms with Crippen molar-refractivity contribution in [2.45, 2.75) is 43.6 Å². The second kappa shape index (κ2) is 16.8. The molecule has 1 aliphatic heterocycles. The van der Waals surface area contributed by atoms with E-state index < -0.39 is 5.41 Å². The number of likely N-dealkylation sites (N-methyl/N-ethyl adjacent to an activating group) is 2. The standard InChI is InChI=1S/C34H47N11O2/c1-23(45-18-4-5-28(45)21-35)22-40-13-12-34(33(36)43-44-37)29-10-8-26(31(46)41-16-14-38-2)19-24(29)6-7-25-20-27(9-11-30(25)34)32(47)42-17-15-39-3/h8-11,19-20,28,38-40H,1,4-7,12-18,22H2,2-3H3,(H,41,46)(H,42,47)(H3,36,37,43). The van der Waals surface area contributed by atoms with Crippen molar-refractivity contribution in [3.8, 4) is 6.07 Å². The zero-order valence-electron chi connectivity index (χ0n) is 27.4. The molecule has 13 heteroatoms. The number of aryl methyl sites for hydroxylation is 2. The van der Waals surface area contributed by atoms with Gasteiger partial charge in [0.05, 0.1) is 11.5 Å². The topological polar surface area (TPSA) is 196 Å². The predicted molar refractivity (Wildman–Crippen MR) is 182 cm³/mol. The Morgan fingerprint density at radius 2 is 1.57 bits per heavy atom. The minimum Gasteiger partial charge on any atom is -0.358 e. The first-order valence-electron chi connectivity index (χ1n) is 16.2. The maximum atomic E-state index is 13.0. The lowest BCUT2D eigenvalue weighted by Gasteiger charge is -2.35. The summed E-state index contributed by atoms with van der Waals surface area (Å²) in [5.41, 5.74) is 4.35. The van der Waals surface area contributed by atoms with Crippen molar-refractivity contribution in [2.24, 2.45) is 16.2 Å². The second-order valence-corrected chi connectivity index (χ2v) is 11.9. The number of amidine groups is 1. The maximum absolute atomic E-state index is 13.0. The molecule has 1 atom stereocenters. The molecule has 0 radical (unpaired) electrons. The summed E-state index contributed by atoms with van der Waals surface area (Å²) in [5.74, 6) is 5.16. The number of fused-ring (bicyclic) bond motifs is 2. The van der Waals surface area contributed by atoms with Crippen LogP contribution in [0.2, 0.25) is 0 Å². The van der Waals surface area contributed by atoms with Gasteiger partial charge in [0.1, 0.15) is 6.04 Å². The van der Waals surface area contributed by atoms with E-state index in [-0.39, 0.29) is 23.7 Å². The lowest BCUT2D eigenvalue weighted by Crippen LogP contribution is -2.41. The summed E-state index contributed by atoms with van der Waals surface area (Å²) in [6.07, 6.45) is 3.39. The summed E-state index contributed by atoms with van der Waals surface area (Å²) >= 11 is 0. The van der Waals surface area contributed by atoms with Crippen LogP contribution in [0.3, 0.4) is 0 Å². The Hall–Kier alpha value is -4.64. The van der Waals surface area contributed by atoms with Crippen LogP contribution in [-0.4, -0.2) is 88.5 Å². The highest BCUT2D eigenvalue weighted by molar-refractivity contribution is 5.99. The van der Waals surface area contributed by atoms with E-state index in [2.05, 4.69) is 54.5 Å². The van der Waals surface area contributed by atoms with Gasteiger partial charge in [0.15, 0.2) is 5.84 Å². The molecule has 2 aromatic carbocycles. The van der Waals surface area contributed by atoms with Crippen LogP contribution in [-0.2, 0) is 18.3 Å². The molecule has 1 heterocycles. The maximum Gasteiger partial charge on any atom is 0.251 e. The minimum absolute atomic E-state index is 0.0356. The van der Waals surface area contributed by atoms with Crippen molar-refractivity contribution >= 4 is 17.6 Å². The Morgan fingerprint density at radius 1 is 1.00 bits per heavy atom. The van der Waals surface area contributed by atoms with E-state index in [0.29, 0.717) is 69.7 Å². The van der Waals surface area contributed by atoms with E-state index in [0.717, 1.165) is 47.3 Å². The molecule has 0 saturated carbocycles.